The quantitative estimate of drug-likeness (QED) is 0.601. The number of likely N-dealkylation sites (tertiary alicyclic amines) is 1. The van der Waals surface area contributed by atoms with Crippen LogP contribution >= 0.6 is 0 Å². The van der Waals surface area contributed by atoms with Crippen LogP contribution in [0.1, 0.15) is 55.2 Å². The van der Waals surface area contributed by atoms with E-state index in [1.165, 1.54) is 75.1 Å². The van der Waals surface area contributed by atoms with E-state index in [0.717, 1.165) is 41.6 Å². The maximum atomic E-state index is 9.97. The number of aromatic amines is 1. The fourth-order valence-electron chi connectivity index (χ4n) is 5.35. The zero-order valence-electron chi connectivity index (χ0n) is 17.2. The zero-order chi connectivity index (χ0) is 19.6. The minimum Gasteiger partial charge on any atom is -0.332 e. The van der Waals surface area contributed by atoms with Gasteiger partial charge in [0, 0.05) is 5.56 Å². The lowest BCUT2D eigenvalue weighted by Gasteiger charge is -2.21. The summed E-state index contributed by atoms with van der Waals surface area (Å²) < 4.78 is 2.27. The first-order chi connectivity index (χ1) is 14.4. The summed E-state index contributed by atoms with van der Waals surface area (Å²) in [7, 11) is 0. The Morgan fingerprint density at radius 2 is 1.76 bits per heavy atom. The molecule has 1 aliphatic carbocycles. The second kappa shape index (κ2) is 8.04. The predicted octanol–water partition coefficient (Wildman–Crippen LogP) is 2.53. The second-order valence-corrected chi connectivity index (χ2v) is 8.67. The van der Waals surface area contributed by atoms with Gasteiger partial charge in [-0.05, 0) is 69.1 Å². The van der Waals surface area contributed by atoms with Crippen molar-refractivity contribution >= 4 is 22.5 Å². The van der Waals surface area contributed by atoms with E-state index >= 15 is 0 Å². The van der Waals surface area contributed by atoms with Crippen LogP contribution in [0.25, 0.3) is 16.7 Å². The smallest absolute Gasteiger partial charge is 0.250 e. The van der Waals surface area contributed by atoms with Crippen molar-refractivity contribution in [2.45, 2.75) is 51.4 Å². The molecule has 0 bridgehead atoms. The van der Waals surface area contributed by atoms with Crippen LogP contribution in [0.2, 0.25) is 0 Å². The summed E-state index contributed by atoms with van der Waals surface area (Å²) in [5, 5.41) is 13.8. The maximum Gasteiger partial charge on any atom is 0.250 e. The molecular weight excluding hydrogens is 358 g/mol. The molecule has 29 heavy (non-hydrogen) atoms. The normalized spacial score (nSPS) is 17.8. The van der Waals surface area contributed by atoms with Crippen molar-refractivity contribution in [3.63, 3.8) is 0 Å². The molecule has 0 amide bonds. The molecule has 0 unspecified atom stereocenters. The number of H-pyrrole nitrogens is 1. The van der Waals surface area contributed by atoms with Crippen LogP contribution in [-0.2, 0) is 12.8 Å². The van der Waals surface area contributed by atoms with E-state index in [0.29, 0.717) is 0 Å². The van der Waals surface area contributed by atoms with Crippen molar-refractivity contribution in [2.24, 2.45) is 0 Å². The van der Waals surface area contributed by atoms with Crippen LogP contribution in [0.3, 0.4) is 0 Å². The van der Waals surface area contributed by atoms with E-state index in [-0.39, 0.29) is 0 Å². The highest BCUT2D eigenvalue weighted by Crippen LogP contribution is 2.31. The molecule has 3 heterocycles. The first-order valence-electron chi connectivity index (χ1n) is 11.3. The standard InChI is InChI=1S/C24H29N5/c25-17-20-18-9-3-4-10-19(18)23(26-13-16-28-14-7-1-2-8-15-28)29-22-12-6-5-11-21(22)27-24(20)29/h5-6,11-12H,1-4,7-10,13-16H2,(H,26,27)/p+2. The Balaban J connectivity index is 1.56. The topological polar surface area (TPSA) is 60.1 Å². The highest BCUT2D eigenvalue weighted by Gasteiger charge is 2.28. The van der Waals surface area contributed by atoms with E-state index in [9.17, 15) is 5.26 Å². The Kier molecular flexibility index (Phi) is 5.12. The number of quaternary nitrogens is 1. The van der Waals surface area contributed by atoms with Gasteiger partial charge in [-0.1, -0.05) is 12.1 Å². The lowest BCUT2D eigenvalue weighted by molar-refractivity contribution is -0.897. The Bertz CT molecular complexity index is 1070. The van der Waals surface area contributed by atoms with Gasteiger partial charge in [0.05, 0.1) is 13.1 Å². The largest absolute Gasteiger partial charge is 0.332 e. The van der Waals surface area contributed by atoms with Gasteiger partial charge < -0.3 is 4.90 Å². The van der Waals surface area contributed by atoms with E-state index in [4.69, 9.17) is 0 Å². The number of anilines is 1. The number of para-hydroxylation sites is 2. The number of aromatic nitrogens is 2. The van der Waals surface area contributed by atoms with E-state index in [1.807, 2.05) is 0 Å². The van der Waals surface area contributed by atoms with Gasteiger partial charge in [0.15, 0.2) is 0 Å². The number of nitrogens with one attached hydrogen (secondary N) is 3. The number of nitrogens with zero attached hydrogens (tertiary/aromatic N) is 2. The summed E-state index contributed by atoms with van der Waals surface area (Å²) >= 11 is 0. The molecule has 5 rings (SSSR count). The molecule has 0 saturated carbocycles. The van der Waals surface area contributed by atoms with Gasteiger partial charge in [-0.15, -0.1) is 0 Å². The Labute approximate surface area is 172 Å². The van der Waals surface area contributed by atoms with Gasteiger partial charge in [-0.25, -0.2) is 0 Å². The Hall–Kier alpha value is -2.58. The van der Waals surface area contributed by atoms with E-state index < -0.39 is 0 Å². The SMILES string of the molecule is N#Cc1c2c(c(NCC[NH+]3CCCCCC3)[n+]3c1[nH]c1ccccc13)CCCC2. The molecule has 2 aliphatic rings. The van der Waals surface area contributed by atoms with Crippen molar-refractivity contribution in [3.8, 4) is 6.07 Å². The third-order valence-corrected chi connectivity index (χ3v) is 6.83. The number of benzene rings is 1. The molecule has 3 aromatic rings. The van der Waals surface area contributed by atoms with Crippen LogP contribution in [0, 0.1) is 11.3 Å². The summed E-state index contributed by atoms with van der Waals surface area (Å²) in [4.78, 5) is 5.27. The maximum absolute atomic E-state index is 9.97. The van der Waals surface area contributed by atoms with Crippen molar-refractivity contribution in [2.75, 3.05) is 31.5 Å². The van der Waals surface area contributed by atoms with Crippen LogP contribution < -0.4 is 14.6 Å². The summed E-state index contributed by atoms with van der Waals surface area (Å²) in [6, 6.07) is 10.9. The summed E-state index contributed by atoms with van der Waals surface area (Å²) in [6.07, 6.45) is 9.97. The number of rotatable bonds is 4. The summed E-state index contributed by atoms with van der Waals surface area (Å²) in [5.41, 5.74) is 6.64. The fourth-order valence-corrected chi connectivity index (χ4v) is 5.35. The van der Waals surface area contributed by atoms with E-state index in [1.54, 1.807) is 4.90 Å². The number of imidazole rings is 1. The van der Waals surface area contributed by atoms with Crippen molar-refractivity contribution in [1.82, 2.24) is 4.98 Å². The number of fused-ring (bicyclic) bond motifs is 4. The van der Waals surface area contributed by atoms with Gasteiger partial charge in [0.25, 0.3) is 0 Å². The van der Waals surface area contributed by atoms with Gasteiger partial charge >= 0.3 is 0 Å². The van der Waals surface area contributed by atoms with Crippen molar-refractivity contribution < 1.29 is 9.30 Å². The van der Waals surface area contributed by atoms with Gasteiger partial charge in [0.1, 0.15) is 35.8 Å². The molecule has 0 radical (unpaired) electrons. The number of nitriles is 1. The first-order valence-corrected chi connectivity index (χ1v) is 11.3. The number of pyridine rings is 1. The molecule has 0 atom stereocenters. The highest BCUT2D eigenvalue weighted by atomic mass is 15.2. The van der Waals surface area contributed by atoms with E-state index in [2.05, 4.69) is 45.0 Å². The molecule has 5 heteroatoms. The monoisotopic (exact) mass is 389 g/mol. The first kappa shape index (κ1) is 18.4. The second-order valence-electron chi connectivity index (χ2n) is 8.67. The number of hydrogen-bond acceptors (Lipinski definition) is 2. The molecule has 150 valence electrons. The minimum absolute atomic E-state index is 0.833. The molecular formula is C24H31N5+2. The van der Waals surface area contributed by atoms with Crippen LogP contribution in [0.4, 0.5) is 5.82 Å². The molecule has 1 fully saturated rings. The average Bonchev–Trinajstić information content (AvgIpc) is 2.94. The molecule has 5 nitrogen and oxygen atoms in total. The third-order valence-electron chi connectivity index (χ3n) is 6.83. The molecule has 2 aromatic heterocycles. The van der Waals surface area contributed by atoms with Gasteiger partial charge in [0.2, 0.25) is 11.5 Å². The summed E-state index contributed by atoms with van der Waals surface area (Å²) in [6.45, 7) is 4.76. The Morgan fingerprint density at radius 1 is 1.00 bits per heavy atom. The Morgan fingerprint density at radius 3 is 2.55 bits per heavy atom. The highest BCUT2D eigenvalue weighted by molar-refractivity contribution is 5.78. The lowest BCUT2D eigenvalue weighted by Crippen LogP contribution is -3.12. The molecule has 1 aromatic carbocycles. The minimum atomic E-state index is 0.833. The van der Waals surface area contributed by atoms with Crippen LogP contribution in [0.5, 0.6) is 0 Å². The average molecular weight is 390 g/mol. The van der Waals surface area contributed by atoms with Crippen LogP contribution in [0.15, 0.2) is 24.3 Å². The molecule has 1 saturated heterocycles. The van der Waals surface area contributed by atoms with Crippen molar-refractivity contribution in [1.29, 1.82) is 5.26 Å². The molecule has 3 N–H and O–H groups in total. The lowest BCUT2D eigenvalue weighted by atomic mass is 9.89. The number of hydrogen-bond donors (Lipinski definition) is 3. The fraction of sp³-hybridized carbons (Fsp3) is 0.500. The van der Waals surface area contributed by atoms with Gasteiger partial charge in [-0.2, -0.15) is 9.66 Å². The van der Waals surface area contributed by atoms with Crippen molar-refractivity contribution in [3.05, 3.63) is 41.0 Å². The zero-order valence-corrected chi connectivity index (χ0v) is 17.2. The molecule has 0 spiro atoms. The molecule has 1 aliphatic heterocycles. The van der Waals surface area contributed by atoms with Gasteiger partial charge in [-0.3, -0.25) is 10.3 Å². The third kappa shape index (κ3) is 3.36. The predicted molar refractivity (Wildman–Crippen MR) is 115 cm³/mol. The van der Waals surface area contributed by atoms with Crippen LogP contribution in [-0.4, -0.2) is 31.2 Å². The summed E-state index contributed by atoms with van der Waals surface area (Å²) in [5.74, 6) is 1.21.